The van der Waals surface area contributed by atoms with Gasteiger partial charge in [-0.1, -0.05) is 26.2 Å². The highest BCUT2D eigenvalue weighted by molar-refractivity contribution is 7.89. The van der Waals surface area contributed by atoms with Gasteiger partial charge in [-0.3, -0.25) is 0 Å². The third-order valence-electron chi connectivity index (χ3n) is 4.22. The summed E-state index contributed by atoms with van der Waals surface area (Å²) in [5, 5.41) is 4.85. The van der Waals surface area contributed by atoms with Gasteiger partial charge in [0.25, 0.3) is 0 Å². The second kappa shape index (κ2) is 7.72. The fourth-order valence-electron chi connectivity index (χ4n) is 3.15. The van der Waals surface area contributed by atoms with E-state index >= 15 is 0 Å². The van der Waals surface area contributed by atoms with E-state index in [4.69, 9.17) is 0 Å². The fourth-order valence-corrected chi connectivity index (χ4v) is 5.66. The average molecular weight is 331 g/mol. The first kappa shape index (κ1) is 16.9. The van der Waals surface area contributed by atoms with Crippen LogP contribution in [0.15, 0.2) is 16.3 Å². The Kier molecular flexibility index (Phi) is 6.22. The van der Waals surface area contributed by atoms with E-state index in [1.54, 1.807) is 6.07 Å². The summed E-state index contributed by atoms with van der Waals surface area (Å²) in [6, 6.07) is 1.70. The van der Waals surface area contributed by atoms with E-state index in [0.29, 0.717) is 23.9 Å². The Morgan fingerprint density at radius 3 is 2.90 bits per heavy atom. The molecular weight excluding hydrogens is 304 g/mol. The molecule has 21 heavy (non-hydrogen) atoms. The molecule has 120 valence electrons. The third kappa shape index (κ3) is 4.77. The lowest BCUT2D eigenvalue weighted by molar-refractivity contribution is 0.271. The number of hydrogen-bond donors (Lipinski definition) is 2. The van der Waals surface area contributed by atoms with E-state index in [1.807, 2.05) is 12.4 Å². The predicted octanol–water partition coefficient (Wildman–Crippen LogP) is 2.96. The molecule has 1 fully saturated rings. The molecule has 0 saturated heterocycles. The minimum atomic E-state index is -3.36. The van der Waals surface area contributed by atoms with Crippen molar-refractivity contribution in [2.75, 3.05) is 13.6 Å². The second-order valence-electron chi connectivity index (χ2n) is 6.06. The number of sulfonamides is 1. The summed E-state index contributed by atoms with van der Waals surface area (Å²) in [6.45, 7) is 3.44. The van der Waals surface area contributed by atoms with Crippen molar-refractivity contribution < 1.29 is 8.42 Å². The Labute approximate surface area is 132 Å². The van der Waals surface area contributed by atoms with Crippen LogP contribution in [0.25, 0.3) is 0 Å². The largest absolute Gasteiger partial charge is 0.315 e. The minimum Gasteiger partial charge on any atom is -0.315 e. The maximum absolute atomic E-state index is 12.4. The van der Waals surface area contributed by atoms with Gasteiger partial charge >= 0.3 is 0 Å². The van der Waals surface area contributed by atoms with Crippen LogP contribution in [0.3, 0.4) is 0 Å². The first-order chi connectivity index (χ1) is 10.0. The SMILES string of the molecule is CNCc1sccc1S(=O)(=O)NCCC1CCCC(C)C1. The normalized spacial score (nSPS) is 23.3. The van der Waals surface area contributed by atoms with Crippen molar-refractivity contribution in [1.82, 2.24) is 10.0 Å². The Morgan fingerprint density at radius 2 is 2.19 bits per heavy atom. The molecule has 0 aliphatic heterocycles. The second-order valence-corrected chi connectivity index (χ2v) is 8.80. The molecule has 0 spiro atoms. The van der Waals surface area contributed by atoms with Crippen molar-refractivity contribution in [3.05, 3.63) is 16.3 Å². The monoisotopic (exact) mass is 330 g/mol. The molecule has 2 N–H and O–H groups in total. The number of nitrogens with one attached hydrogen (secondary N) is 2. The highest BCUT2D eigenvalue weighted by atomic mass is 32.2. The summed E-state index contributed by atoms with van der Waals surface area (Å²) in [6.07, 6.45) is 6.05. The molecule has 1 aliphatic rings. The van der Waals surface area contributed by atoms with Gasteiger partial charge in [0.2, 0.25) is 10.0 Å². The summed E-state index contributed by atoms with van der Waals surface area (Å²) < 4.78 is 27.5. The summed E-state index contributed by atoms with van der Waals surface area (Å²) in [5.74, 6) is 1.47. The van der Waals surface area contributed by atoms with Crippen molar-refractivity contribution in [2.24, 2.45) is 11.8 Å². The highest BCUT2D eigenvalue weighted by Crippen LogP contribution is 2.30. The van der Waals surface area contributed by atoms with Crippen molar-refractivity contribution in [1.29, 1.82) is 0 Å². The quantitative estimate of drug-likeness (QED) is 0.808. The van der Waals surface area contributed by atoms with Gasteiger partial charge in [0, 0.05) is 18.0 Å². The first-order valence-corrected chi connectivity index (χ1v) is 10.1. The molecule has 0 bridgehead atoms. The molecule has 2 atom stereocenters. The van der Waals surface area contributed by atoms with Gasteiger partial charge in [-0.2, -0.15) is 0 Å². The van der Waals surface area contributed by atoms with Crippen LogP contribution >= 0.6 is 11.3 Å². The smallest absolute Gasteiger partial charge is 0.241 e. The fraction of sp³-hybridized carbons (Fsp3) is 0.733. The van der Waals surface area contributed by atoms with Crippen molar-refractivity contribution in [3.8, 4) is 0 Å². The van der Waals surface area contributed by atoms with Gasteiger partial charge in [0.1, 0.15) is 0 Å². The predicted molar refractivity (Wildman–Crippen MR) is 88.0 cm³/mol. The molecule has 0 aromatic carbocycles. The van der Waals surface area contributed by atoms with Crippen LogP contribution in [0.1, 0.15) is 43.9 Å². The van der Waals surface area contributed by atoms with Gasteiger partial charge in [0.15, 0.2) is 0 Å². The van der Waals surface area contributed by atoms with Gasteiger partial charge in [-0.05, 0) is 43.2 Å². The summed E-state index contributed by atoms with van der Waals surface area (Å²) in [5.41, 5.74) is 0. The lowest BCUT2D eigenvalue weighted by Gasteiger charge is -2.26. The van der Waals surface area contributed by atoms with E-state index in [0.717, 1.165) is 17.2 Å². The topological polar surface area (TPSA) is 58.2 Å². The molecular formula is C15H26N2O2S2. The van der Waals surface area contributed by atoms with Gasteiger partial charge in [0.05, 0.1) is 4.90 Å². The Morgan fingerprint density at radius 1 is 1.38 bits per heavy atom. The average Bonchev–Trinajstić information content (AvgIpc) is 2.88. The molecule has 1 aromatic rings. The number of rotatable bonds is 7. The Balaban J connectivity index is 1.87. The van der Waals surface area contributed by atoms with E-state index in [-0.39, 0.29) is 0 Å². The molecule has 1 aliphatic carbocycles. The molecule has 0 amide bonds. The zero-order valence-corrected chi connectivity index (χ0v) is 14.5. The van der Waals surface area contributed by atoms with Crippen LogP contribution in [0.2, 0.25) is 0 Å². The molecule has 0 radical (unpaired) electrons. The summed E-state index contributed by atoms with van der Waals surface area (Å²) in [4.78, 5) is 1.30. The highest BCUT2D eigenvalue weighted by Gasteiger charge is 2.21. The molecule has 6 heteroatoms. The molecule has 2 rings (SSSR count). The van der Waals surface area contributed by atoms with E-state index in [9.17, 15) is 8.42 Å². The summed E-state index contributed by atoms with van der Waals surface area (Å²) in [7, 11) is -1.54. The van der Waals surface area contributed by atoms with Crippen molar-refractivity contribution in [2.45, 2.75) is 50.5 Å². The molecule has 4 nitrogen and oxygen atoms in total. The standard InChI is InChI=1S/C15H26N2O2S2/c1-12-4-3-5-13(10-12)6-8-17-21(18,19)15-7-9-20-14(15)11-16-2/h7,9,12-13,16-17H,3-6,8,10-11H2,1-2H3. The third-order valence-corrected chi connectivity index (χ3v) is 6.82. The molecule has 1 heterocycles. The zero-order chi connectivity index (χ0) is 15.3. The van der Waals surface area contributed by atoms with Gasteiger partial charge < -0.3 is 5.32 Å². The minimum absolute atomic E-state index is 0.430. The summed E-state index contributed by atoms with van der Waals surface area (Å²) >= 11 is 1.48. The molecule has 1 aromatic heterocycles. The zero-order valence-electron chi connectivity index (χ0n) is 12.9. The van der Waals surface area contributed by atoms with Gasteiger partial charge in [-0.25, -0.2) is 13.1 Å². The van der Waals surface area contributed by atoms with E-state index < -0.39 is 10.0 Å². The van der Waals surface area contributed by atoms with Crippen LogP contribution in [-0.2, 0) is 16.6 Å². The number of hydrogen-bond acceptors (Lipinski definition) is 4. The van der Waals surface area contributed by atoms with E-state index in [1.165, 1.54) is 37.0 Å². The van der Waals surface area contributed by atoms with E-state index in [2.05, 4.69) is 17.0 Å². The Bertz CT molecular complexity index is 540. The van der Waals surface area contributed by atoms with Gasteiger partial charge in [-0.15, -0.1) is 11.3 Å². The molecule has 2 unspecified atom stereocenters. The van der Waals surface area contributed by atoms with Crippen LogP contribution in [-0.4, -0.2) is 22.0 Å². The van der Waals surface area contributed by atoms with Crippen molar-refractivity contribution in [3.63, 3.8) is 0 Å². The lowest BCUT2D eigenvalue weighted by atomic mass is 9.81. The maximum atomic E-state index is 12.4. The van der Waals surface area contributed by atoms with Crippen LogP contribution < -0.4 is 10.0 Å². The Hall–Kier alpha value is -0.430. The van der Waals surface area contributed by atoms with Crippen molar-refractivity contribution >= 4 is 21.4 Å². The maximum Gasteiger partial charge on any atom is 0.241 e. The number of thiophene rings is 1. The van der Waals surface area contributed by atoms with Crippen LogP contribution in [0.5, 0.6) is 0 Å². The molecule has 1 saturated carbocycles. The van der Waals surface area contributed by atoms with Crippen LogP contribution in [0, 0.1) is 11.8 Å². The van der Waals surface area contributed by atoms with Crippen LogP contribution in [0.4, 0.5) is 0 Å². The first-order valence-electron chi connectivity index (χ1n) is 7.73. The lowest BCUT2D eigenvalue weighted by Crippen LogP contribution is -2.28.